The van der Waals surface area contributed by atoms with Gasteiger partial charge in [-0.25, -0.2) is 4.79 Å². The summed E-state index contributed by atoms with van der Waals surface area (Å²) < 4.78 is 0. The average Bonchev–Trinajstić information content (AvgIpc) is 2.49. The highest BCUT2D eigenvalue weighted by Gasteiger charge is 2.23. The van der Waals surface area contributed by atoms with Gasteiger partial charge in [0.2, 0.25) is 0 Å². The SMILES string of the molecule is CCCCN(C)c1ccc(C(=O)N[C@H](C(=O)O)C(C)C)cc1. The molecule has 0 radical (unpaired) electrons. The lowest BCUT2D eigenvalue weighted by Gasteiger charge is -2.20. The lowest BCUT2D eigenvalue weighted by atomic mass is 10.0. The van der Waals surface area contributed by atoms with E-state index in [4.69, 9.17) is 5.11 Å². The zero-order chi connectivity index (χ0) is 16.7. The molecule has 0 saturated heterocycles. The van der Waals surface area contributed by atoms with Crippen LogP contribution in [0.3, 0.4) is 0 Å². The molecule has 0 saturated carbocycles. The summed E-state index contributed by atoms with van der Waals surface area (Å²) in [5.41, 5.74) is 1.52. The van der Waals surface area contributed by atoms with Gasteiger partial charge in [-0.05, 0) is 36.6 Å². The second-order valence-electron chi connectivity index (χ2n) is 5.86. The Hall–Kier alpha value is -2.04. The van der Waals surface area contributed by atoms with Crippen molar-refractivity contribution in [2.45, 2.75) is 39.7 Å². The van der Waals surface area contributed by atoms with Gasteiger partial charge in [-0.1, -0.05) is 27.2 Å². The van der Waals surface area contributed by atoms with E-state index in [1.807, 2.05) is 19.2 Å². The molecule has 1 aromatic rings. The Balaban J connectivity index is 2.73. The molecule has 22 heavy (non-hydrogen) atoms. The topological polar surface area (TPSA) is 69.6 Å². The molecule has 1 aromatic carbocycles. The minimum atomic E-state index is -1.01. The predicted molar refractivity (Wildman–Crippen MR) is 88.3 cm³/mol. The summed E-state index contributed by atoms with van der Waals surface area (Å²) in [5, 5.41) is 11.7. The van der Waals surface area contributed by atoms with Crippen molar-refractivity contribution < 1.29 is 14.7 Å². The van der Waals surface area contributed by atoms with Crippen molar-refractivity contribution in [1.82, 2.24) is 5.32 Å². The number of nitrogens with zero attached hydrogens (tertiary/aromatic N) is 1. The number of carboxylic acids is 1. The molecule has 1 atom stereocenters. The minimum absolute atomic E-state index is 0.166. The van der Waals surface area contributed by atoms with Gasteiger partial charge in [-0.3, -0.25) is 4.79 Å². The molecule has 1 rings (SSSR count). The molecular weight excluding hydrogens is 280 g/mol. The predicted octanol–water partition coefficient (Wildman–Crippen LogP) is 2.76. The fourth-order valence-electron chi connectivity index (χ4n) is 2.13. The number of unbranched alkanes of at least 4 members (excludes halogenated alkanes) is 1. The monoisotopic (exact) mass is 306 g/mol. The number of hydrogen-bond donors (Lipinski definition) is 2. The number of hydrogen-bond acceptors (Lipinski definition) is 3. The van der Waals surface area contributed by atoms with E-state index in [1.54, 1.807) is 26.0 Å². The summed E-state index contributed by atoms with van der Waals surface area (Å²) in [5.74, 6) is -1.54. The van der Waals surface area contributed by atoms with Crippen molar-refractivity contribution in [2.75, 3.05) is 18.5 Å². The molecule has 5 heteroatoms. The summed E-state index contributed by atoms with van der Waals surface area (Å²) in [7, 11) is 2.02. The van der Waals surface area contributed by atoms with Gasteiger partial charge in [-0.2, -0.15) is 0 Å². The van der Waals surface area contributed by atoms with Crippen LogP contribution in [0, 0.1) is 5.92 Å². The van der Waals surface area contributed by atoms with Gasteiger partial charge in [0.15, 0.2) is 0 Å². The number of carbonyl (C=O) groups excluding carboxylic acids is 1. The van der Waals surface area contributed by atoms with E-state index in [0.717, 1.165) is 25.1 Å². The summed E-state index contributed by atoms with van der Waals surface area (Å²) in [6, 6.07) is 6.35. The summed E-state index contributed by atoms with van der Waals surface area (Å²) in [6.45, 7) is 6.65. The summed E-state index contributed by atoms with van der Waals surface area (Å²) in [6.07, 6.45) is 2.25. The zero-order valence-electron chi connectivity index (χ0n) is 13.8. The fourth-order valence-corrected chi connectivity index (χ4v) is 2.13. The van der Waals surface area contributed by atoms with Crippen LogP contribution in [0.15, 0.2) is 24.3 Å². The van der Waals surface area contributed by atoms with E-state index in [-0.39, 0.29) is 11.8 Å². The largest absolute Gasteiger partial charge is 0.480 e. The van der Waals surface area contributed by atoms with Gasteiger partial charge in [0.1, 0.15) is 6.04 Å². The Morgan fingerprint density at radius 1 is 1.23 bits per heavy atom. The molecule has 0 fully saturated rings. The van der Waals surface area contributed by atoms with E-state index >= 15 is 0 Å². The first-order valence-electron chi connectivity index (χ1n) is 7.71. The highest BCUT2D eigenvalue weighted by molar-refractivity contribution is 5.96. The third-order valence-electron chi connectivity index (χ3n) is 3.64. The van der Waals surface area contributed by atoms with E-state index in [0.29, 0.717) is 5.56 Å². The molecule has 0 bridgehead atoms. The highest BCUT2D eigenvalue weighted by atomic mass is 16.4. The number of benzene rings is 1. The highest BCUT2D eigenvalue weighted by Crippen LogP contribution is 2.15. The first kappa shape index (κ1) is 18.0. The fraction of sp³-hybridized carbons (Fsp3) is 0.529. The standard InChI is InChI=1S/C17H26N2O3/c1-5-6-11-19(4)14-9-7-13(8-10-14)16(20)18-15(12(2)3)17(21)22/h7-10,12,15H,5-6,11H2,1-4H3,(H,18,20)(H,21,22)/t15-/m0/s1. The van der Waals surface area contributed by atoms with Crippen LogP contribution in [-0.2, 0) is 4.79 Å². The minimum Gasteiger partial charge on any atom is -0.480 e. The Kier molecular flexibility index (Phi) is 6.89. The van der Waals surface area contributed by atoms with Gasteiger partial charge in [-0.15, -0.1) is 0 Å². The number of anilines is 1. The lowest BCUT2D eigenvalue weighted by Crippen LogP contribution is -2.44. The van der Waals surface area contributed by atoms with Gasteiger partial charge >= 0.3 is 5.97 Å². The molecule has 122 valence electrons. The quantitative estimate of drug-likeness (QED) is 0.775. The van der Waals surface area contributed by atoms with Crippen LogP contribution < -0.4 is 10.2 Å². The van der Waals surface area contributed by atoms with E-state index in [9.17, 15) is 9.59 Å². The average molecular weight is 306 g/mol. The van der Waals surface area contributed by atoms with Crippen LogP contribution in [0.5, 0.6) is 0 Å². The van der Waals surface area contributed by atoms with E-state index < -0.39 is 12.0 Å². The number of nitrogens with one attached hydrogen (secondary N) is 1. The third kappa shape index (κ3) is 5.06. The van der Waals surface area contributed by atoms with Gasteiger partial charge < -0.3 is 15.3 Å². The van der Waals surface area contributed by atoms with Gasteiger partial charge in [0.05, 0.1) is 0 Å². The first-order chi connectivity index (χ1) is 10.4. The smallest absolute Gasteiger partial charge is 0.326 e. The number of carboxylic acid groups (broad SMARTS) is 1. The molecule has 5 nitrogen and oxygen atoms in total. The zero-order valence-corrected chi connectivity index (χ0v) is 13.8. The first-order valence-corrected chi connectivity index (χ1v) is 7.71. The van der Waals surface area contributed by atoms with Crippen LogP contribution in [-0.4, -0.2) is 36.6 Å². The van der Waals surface area contributed by atoms with Crippen LogP contribution in [0.1, 0.15) is 44.0 Å². The lowest BCUT2D eigenvalue weighted by molar-refractivity contribution is -0.140. The number of rotatable bonds is 8. The second kappa shape index (κ2) is 8.41. The maximum atomic E-state index is 12.1. The number of aliphatic carboxylic acids is 1. The van der Waals surface area contributed by atoms with Gasteiger partial charge in [0, 0.05) is 24.8 Å². The molecule has 0 aliphatic rings. The van der Waals surface area contributed by atoms with Crippen molar-refractivity contribution >= 4 is 17.6 Å². The van der Waals surface area contributed by atoms with Crippen LogP contribution >= 0.6 is 0 Å². The molecule has 0 aliphatic heterocycles. The molecule has 0 aliphatic carbocycles. The van der Waals surface area contributed by atoms with Crippen LogP contribution in [0.4, 0.5) is 5.69 Å². The van der Waals surface area contributed by atoms with Gasteiger partial charge in [0.25, 0.3) is 5.91 Å². The maximum Gasteiger partial charge on any atom is 0.326 e. The van der Waals surface area contributed by atoms with E-state index in [1.165, 1.54) is 0 Å². The Labute approximate surface area is 132 Å². The molecular formula is C17H26N2O3. The van der Waals surface area contributed by atoms with E-state index in [2.05, 4.69) is 17.1 Å². The summed E-state index contributed by atoms with van der Waals surface area (Å²) in [4.78, 5) is 25.4. The second-order valence-corrected chi connectivity index (χ2v) is 5.86. The van der Waals surface area contributed by atoms with Crippen molar-refractivity contribution in [2.24, 2.45) is 5.92 Å². The number of amides is 1. The molecule has 0 aromatic heterocycles. The van der Waals surface area contributed by atoms with Crippen molar-refractivity contribution in [3.05, 3.63) is 29.8 Å². The van der Waals surface area contributed by atoms with Crippen molar-refractivity contribution in [1.29, 1.82) is 0 Å². The van der Waals surface area contributed by atoms with Crippen molar-refractivity contribution in [3.63, 3.8) is 0 Å². The molecule has 1 amide bonds. The maximum absolute atomic E-state index is 12.1. The molecule has 2 N–H and O–H groups in total. The Morgan fingerprint density at radius 2 is 1.82 bits per heavy atom. The summed E-state index contributed by atoms with van der Waals surface area (Å²) >= 11 is 0. The third-order valence-corrected chi connectivity index (χ3v) is 3.64. The van der Waals surface area contributed by atoms with Crippen molar-refractivity contribution in [3.8, 4) is 0 Å². The molecule has 0 spiro atoms. The Bertz CT molecular complexity index is 497. The Morgan fingerprint density at radius 3 is 2.27 bits per heavy atom. The molecule has 0 unspecified atom stereocenters. The van der Waals surface area contributed by atoms with Crippen LogP contribution in [0.2, 0.25) is 0 Å². The molecule has 0 heterocycles. The normalized spacial score (nSPS) is 12.0. The number of carbonyl (C=O) groups is 2. The van der Waals surface area contributed by atoms with Crippen LogP contribution in [0.25, 0.3) is 0 Å².